The van der Waals surface area contributed by atoms with E-state index in [1.54, 1.807) is 24.3 Å². The fourth-order valence-electron chi connectivity index (χ4n) is 3.40. The van der Waals surface area contributed by atoms with E-state index in [0.717, 1.165) is 34.1 Å². The number of carbonyl (C=O) groups is 2. The molecule has 0 aliphatic carbocycles. The van der Waals surface area contributed by atoms with E-state index in [2.05, 4.69) is 5.32 Å². The van der Waals surface area contributed by atoms with Crippen LogP contribution < -0.4 is 5.32 Å². The van der Waals surface area contributed by atoms with Crippen LogP contribution in [-0.2, 0) is 4.74 Å². The smallest absolute Gasteiger partial charge is 0.338 e. The highest BCUT2D eigenvalue weighted by molar-refractivity contribution is 6.13. The lowest BCUT2D eigenvalue weighted by atomic mass is 10.0. The van der Waals surface area contributed by atoms with Gasteiger partial charge in [-0.3, -0.25) is 4.79 Å². The van der Waals surface area contributed by atoms with Crippen molar-refractivity contribution < 1.29 is 14.3 Å². The Labute approximate surface area is 187 Å². The first-order chi connectivity index (χ1) is 15.5. The Morgan fingerprint density at radius 3 is 2.38 bits per heavy atom. The van der Waals surface area contributed by atoms with E-state index in [0.29, 0.717) is 23.4 Å². The number of anilines is 1. The topological polar surface area (TPSA) is 68.3 Å². The summed E-state index contributed by atoms with van der Waals surface area (Å²) in [4.78, 5) is 29.9. The van der Waals surface area contributed by atoms with E-state index < -0.39 is 0 Å². The summed E-state index contributed by atoms with van der Waals surface area (Å²) in [6.45, 7) is 4.36. The van der Waals surface area contributed by atoms with E-state index in [9.17, 15) is 9.59 Å². The maximum atomic E-state index is 13.2. The van der Waals surface area contributed by atoms with E-state index in [1.807, 2.05) is 68.4 Å². The number of aromatic nitrogens is 1. The normalized spacial score (nSPS) is 10.7. The molecule has 0 atom stereocenters. The molecule has 0 aliphatic heterocycles. The highest BCUT2D eigenvalue weighted by Gasteiger charge is 2.15. The maximum Gasteiger partial charge on any atom is 0.338 e. The molecule has 0 spiro atoms. The molecule has 0 saturated heterocycles. The fourth-order valence-corrected chi connectivity index (χ4v) is 3.40. The number of hydrogen-bond acceptors (Lipinski definition) is 4. The summed E-state index contributed by atoms with van der Waals surface area (Å²) in [6, 6.07) is 24.2. The SMILES string of the molecule is CCCOC(=O)c1ccc(NC(=O)c2cc(-c3ccc(C)cc3)nc3ccccc23)cc1. The van der Waals surface area contributed by atoms with Gasteiger partial charge >= 0.3 is 5.97 Å². The molecule has 0 bridgehead atoms. The van der Waals surface area contributed by atoms with E-state index in [4.69, 9.17) is 9.72 Å². The summed E-state index contributed by atoms with van der Waals surface area (Å²) >= 11 is 0. The first-order valence-electron chi connectivity index (χ1n) is 10.6. The van der Waals surface area contributed by atoms with Crippen LogP contribution in [-0.4, -0.2) is 23.5 Å². The lowest BCUT2D eigenvalue weighted by molar-refractivity contribution is 0.0505. The Hall–Kier alpha value is -3.99. The first-order valence-corrected chi connectivity index (χ1v) is 10.6. The average molecular weight is 425 g/mol. The Morgan fingerprint density at radius 1 is 0.938 bits per heavy atom. The van der Waals surface area contributed by atoms with Gasteiger partial charge in [-0.1, -0.05) is 55.0 Å². The molecule has 32 heavy (non-hydrogen) atoms. The van der Waals surface area contributed by atoms with Crippen molar-refractivity contribution in [3.8, 4) is 11.3 Å². The summed E-state index contributed by atoms with van der Waals surface area (Å²) in [6.07, 6.45) is 0.768. The van der Waals surface area contributed by atoms with E-state index in [-0.39, 0.29) is 11.9 Å². The lowest BCUT2D eigenvalue weighted by Gasteiger charge is -2.11. The fraction of sp³-hybridized carbons (Fsp3) is 0.148. The van der Waals surface area contributed by atoms with Crippen LogP contribution in [0.25, 0.3) is 22.2 Å². The molecule has 0 aliphatic rings. The molecule has 4 rings (SSSR count). The van der Waals surface area contributed by atoms with E-state index >= 15 is 0 Å². The average Bonchev–Trinajstić information content (AvgIpc) is 2.82. The number of rotatable bonds is 6. The van der Waals surface area contributed by atoms with Crippen LogP contribution in [0.2, 0.25) is 0 Å². The van der Waals surface area contributed by atoms with Crippen molar-refractivity contribution in [1.82, 2.24) is 4.98 Å². The van der Waals surface area contributed by atoms with Crippen LogP contribution in [0.1, 0.15) is 39.6 Å². The summed E-state index contributed by atoms with van der Waals surface area (Å²) in [5.74, 6) is -0.606. The van der Waals surface area contributed by atoms with Gasteiger partial charge in [0.1, 0.15) is 0 Å². The number of benzene rings is 3. The van der Waals surface area contributed by atoms with Crippen molar-refractivity contribution in [3.63, 3.8) is 0 Å². The van der Waals surface area contributed by atoms with Gasteiger partial charge in [0.05, 0.1) is 28.9 Å². The zero-order chi connectivity index (χ0) is 22.5. The molecule has 3 aromatic carbocycles. The second-order valence-electron chi connectivity index (χ2n) is 7.61. The number of para-hydroxylation sites is 1. The minimum absolute atomic E-state index is 0.238. The van der Waals surface area contributed by atoms with Crippen LogP contribution in [0.5, 0.6) is 0 Å². The number of fused-ring (bicyclic) bond motifs is 1. The monoisotopic (exact) mass is 424 g/mol. The second-order valence-corrected chi connectivity index (χ2v) is 7.61. The van der Waals surface area contributed by atoms with Crippen LogP contribution in [0.3, 0.4) is 0 Å². The van der Waals surface area contributed by atoms with Crippen molar-refractivity contribution in [3.05, 3.63) is 95.6 Å². The van der Waals surface area contributed by atoms with Gasteiger partial charge in [-0.15, -0.1) is 0 Å². The molecule has 0 radical (unpaired) electrons. The predicted molar refractivity (Wildman–Crippen MR) is 127 cm³/mol. The minimum atomic E-state index is -0.368. The second kappa shape index (κ2) is 9.43. The van der Waals surface area contributed by atoms with Gasteiger partial charge in [-0.2, -0.15) is 0 Å². The molecule has 0 unspecified atom stereocenters. The lowest BCUT2D eigenvalue weighted by Crippen LogP contribution is -2.13. The zero-order valence-corrected chi connectivity index (χ0v) is 18.1. The molecule has 5 heteroatoms. The number of nitrogens with one attached hydrogen (secondary N) is 1. The molecule has 4 aromatic rings. The Morgan fingerprint density at radius 2 is 1.66 bits per heavy atom. The highest BCUT2D eigenvalue weighted by atomic mass is 16.5. The molecule has 5 nitrogen and oxygen atoms in total. The summed E-state index contributed by atoms with van der Waals surface area (Å²) in [5, 5.41) is 3.71. The molecular formula is C27H24N2O3. The Kier molecular flexibility index (Phi) is 6.26. The molecule has 1 aromatic heterocycles. The van der Waals surface area contributed by atoms with Crippen molar-refractivity contribution in [1.29, 1.82) is 0 Å². The molecule has 160 valence electrons. The van der Waals surface area contributed by atoms with Crippen LogP contribution in [0.4, 0.5) is 5.69 Å². The Balaban J connectivity index is 1.63. The van der Waals surface area contributed by atoms with Crippen molar-refractivity contribution in [2.45, 2.75) is 20.3 Å². The first kappa shape index (κ1) is 21.2. The molecule has 0 fully saturated rings. The third-order valence-corrected chi connectivity index (χ3v) is 5.12. The molecule has 1 N–H and O–H groups in total. The van der Waals surface area contributed by atoms with Gasteiger partial charge in [0.2, 0.25) is 0 Å². The van der Waals surface area contributed by atoms with Gasteiger partial charge in [0.15, 0.2) is 0 Å². The zero-order valence-electron chi connectivity index (χ0n) is 18.1. The number of amides is 1. The summed E-state index contributed by atoms with van der Waals surface area (Å²) in [5.41, 5.74) is 5.19. The Bertz CT molecular complexity index is 1260. The quantitative estimate of drug-likeness (QED) is 0.384. The van der Waals surface area contributed by atoms with Crippen molar-refractivity contribution in [2.75, 3.05) is 11.9 Å². The number of pyridine rings is 1. The van der Waals surface area contributed by atoms with Gasteiger partial charge < -0.3 is 10.1 Å². The third kappa shape index (κ3) is 4.67. The molecule has 0 saturated carbocycles. The van der Waals surface area contributed by atoms with Crippen LogP contribution >= 0.6 is 0 Å². The molecule has 1 amide bonds. The molecule has 1 heterocycles. The van der Waals surface area contributed by atoms with Crippen LogP contribution in [0, 0.1) is 6.92 Å². The van der Waals surface area contributed by atoms with Crippen LogP contribution in [0.15, 0.2) is 78.9 Å². The number of esters is 1. The van der Waals surface area contributed by atoms with E-state index in [1.165, 1.54) is 0 Å². The predicted octanol–water partition coefficient (Wildman–Crippen LogP) is 6.03. The molecular weight excluding hydrogens is 400 g/mol. The number of hydrogen-bond donors (Lipinski definition) is 1. The van der Waals surface area contributed by atoms with Gasteiger partial charge in [-0.25, -0.2) is 9.78 Å². The minimum Gasteiger partial charge on any atom is -0.462 e. The van der Waals surface area contributed by atoms with Crippen molar-refractivity contribution >= 4 is 28.5 Å². The third-order valence-electron chi connectivity index (χ3n) is 5.12. The largest absolute Gasteiger partial charge is 0.462 e. The number of aryl methyl sites for hydroxylation is 1. The number of nitrogens with zero attached hydrogens (tertiary/aromatic N) is 1. The summed E-state index contributed by atoms with van der Waals surface area (Å²) < 4.78 is 5.15. The maximum absolute atomic E-state index is 13.2. The standard InChI is InChI=1S/C27H24N2O3/c1-3-16-32-27(31)20-12-14-21(15-13-20)28-26(30)23-17-25(19-10-8-18(2)9-11-19)29-24-7-5-4-6-22(23)24/h4-15,17H,3,16H2,1-2H3,(H,28,30). The van der Waals surface area contributed by atoms with Crippen molar-refractivity contribution in [2.24, 2.45) is 0 Å². The van der Waals surface area contributed by atoms with Gasteiger partial charge in [0.25, 0.3) is 5.91 Å². The summed E-state index contributed by atoms with van der Waals surface area (Å²) in [7, 11) is 0. The highest BCUT2D eigenvalue weighted by Crippen LogP contribution is 2.26. The number of ether oxygens (including phenoxy) is 1. The van der Waals surface area contributed by atoms with Gasteiger partial charge in [0, 0.05) is 16.6 Å². The van der Waals surface area contributed by atoms with Gasteiger partial charge in [-0.05, 0) is 49.7 Å². The number of carbonyl (C=O) groups excluding carboxylic acids is 2.